The van der Waals surface area contributed by atoms with Gasteiger partial charge >= 0.3 is 0 Å². The molecule has 1 amide bonds. The largest absolute Gasteiger partial charge is 0.354 e. The topological polar surface area (TPSA) is 118 Å². The summed E-state index contributed by atoms with van der Waals surface area (Å²) in [7, 11) is -4.14. The Kier molecular flexibility index (Phi) is 8.28. The third-order valence-corrected chi connectivity index (χ3v) is 12.7. The van der Waals surface area contributed by atoms with Crippen LogP contribution >= 0.6 is 12.6 Å². The van der Waals surface area contributed by atoms with E-state index in [9.17, 15) is 22.8 Å². The van der Waals surface area contributed by atoms with E-state index >= 15 is 0 Å². The molecule has 10 unspecified atom stereocenters. The summed E-state index contributed by atoms with van der Waals surface area (Å²) in [4.78, 5) is 39.4. The van der Waals surface area contributed by atoms with Crippen LogP contribution < -0.4 is 5.32 Å². The summed E-state index contributed by atoms with van der Waals surface area (Å²) in [5.41, 5.74) is 0.0789. The first-order chi connectivity index (χ1) is 17.5. The van der Waals surface area contributed by atoms with Crippen molar-refractivity contribution in [1.82, 2.24) is 5.32 Å². The second-order valence-corrected chi connectivity index (χ2v) is 16.3. The number of rotatable bonds is 8. The van der Waals surface area contributed by atoms with Gasteiger partial charge in [-0.15, -0.1) is 0 Å². The Labute approximate surface area is 234 Å². The van der Waals surface area contributed by atoms with Crippen LogP contribution in [-0.2, 0) is 24.5 Å². The van der Waals surface area contributed by atoms with Gasteiger partial charge in [-0.25, -0.2) is 0 Å². The van der Waals surface area contributed by atoms with E-state index in [-0.39, 0.29) is 47.0 Å². The second kappa shape index (κ2) is 10.5. The van der Waals surface area contributed by atoms with E-state index in [1.165, 1.54) is 0 Å². The maximum atomic E-state index is 14.1. The summed E-state index contributed by atoms with van der Waals surface area (Å²) in [6, 6.07) is 0. The number of Topliss-reactive ketones (excluding diaryl/α,β-unsaturated/α-hetero) is 2. The minimum Gasteiger partial charge on any atom is -0.354 e. The molecule has 0 heterocycles. The number of fused-ring (bicyclic) bond motifs is 5. The number of hydrogen-bond donors (Lipinski definition) is 3. The molecule has 0 aliphatic heterocycles. The van der Waals surface area contributed by atoms with Gasteiger partial charge < -0.3 is 5.32 Å². The molecule has 0 spiro atoms. The Morgan fingerprint density at radius 2 is 1.79 bits per heavy atom. The van der Waals surface area contributed by atoms with Gasteiger partial charge in [-0.3, -0.25) is 18.9 Å². The smallest absolute Gasteiger partial charge is 0.266 e. The van der Waals surface area contributed by atoms with Crippen LogP contribution in [0.25, 0.3) is 0 Å². The fraction of sp³-hybridized carbons (Fsp3) is 0.897. The van der Waals surface area contributed by atoms with E-state index in [1.54, 1.807) is 6.92 Å². The summed E-state index contributed by atoms with van der Waals surface area (Å²) in [6.07, 6.45) is 7.63. The number of amides is 1. The minimum atomic E-state index is -4.14. The SMILES string of the molecule is CCC1C(=O)C2C3CCC(C(C)CC(C)(S)C(=O)NCCS(=O)(=O)O)C3(C)CCC2C2(C)CCC(=O)CC12. The predicted octanol–water partition coefficient (Wildman–Crippen LogP) is 4.75. The summed E-state index contributed by atoms with van der Waals surface area (Å²) in [5, 5.41) is 2.61. The zero-order valence-electron chi connectivity index (χ0n) is 23.7. The number of ketones is 2. The van der Waals surface area contributed by atoms with Gasteiger partial charge in [0.25, 0.3) is 10.1 Å². The first-order valence-electron chi connectivity index (χ1n) is 14.6. The van der Waals surface area contributed by atoms with Crippen LogP contribution in [-0.4, -0.2) is 47.5 Å². The molecule has 2 N–H and O–H groups in total. The Morgan fingerprint density at radius 3 is 2.42 bits per heavy atom. The molecule has 10 atom stereocenters. The molecule has 9 heteroatoms. The highest BCUT2D eigenvalue weighted by molar-refractivity contribution is 7.85. The van der Waals surface area contributed by atoms with Crippen LogP contribution in [0.5, 0.6) is 0 Å². The summed E-state index contributed by atoms with van der Waals surface area (Å²) < 4.78 is 30.0. The van der Waals surface area contributed by atoms with Gasteiger partial charge in [-0.2, -0.15) is 21.0 Å². The van der Waals surface area contributed by atoms with Gasteiger partial charge in [0.05, 0.1) is 10.5 Å². The average molecular weight is 570 g/mol. The van der Waals surface area contributed by atoms with Crippen molar-refractivity contribution in [2.75, 3.05) is 12.3 Å². The monoisotopic (exact) mass is 569 g/mol. The molecule has 0 aromatic heterocycles. The first kappa shape index (κ1) is 30.0. The van der Waals surface area contributed by atoms with Crippen LogP contribution in [0.3, 0.4) is 0 Å². The molecule has 0 bridgehead atoms. The van der Waals surface area contributed by atoms with Gasteiger partial charge in [-0.1, -0.05) is 27.7 Å². The Balaban J connectivity index is 1.51. The lowest BCUT2D eigenvalue weighted by Crippen LogP contribution is -2.60. The second-order valence-electron chi connectivity index (χ2n) is 13.7. The van der Waals surface area contributed by atoms with Crippen molar-refractivity contribution in [2.24, 2.45) is 52.3 Å². The maximum absolute atomic E-state index is 14.1. The van der Waals surface area contributed by atoms with Gasteiger partial charge in [0.15, 0.2) is 0 Å². The van der Waals surface area contributed by atoms with E-state index in [2.05, 4.69) is 45.6 Å². The van der Waals surface area contributed by atoms with Crippen molar-refractivity contribution in [2.45, 2.75) is 97.2 Å². The highest BCUT2D eigenvalue weighted by Gasteiger charge is 2.65. The molecule has 7 nitrogen and oxygen atoms in total. The predicted molar refractivity (Wildman–Crippen MR) is 150 cm³/mol. The van der Waals surface area contributed by atoms with Crippen molar-refractivity contribution in [1.29, 1.82) is 0 Å². The lowest BCUT2D eigenvalue weighted by molar-refractivity contribution is -0.169. The van der Waals surface area contributed by atoms with E-state index in [0.29, 0.717) is 48.6 Å². The van der Waals surface area contributed by atoms with Crippen LogP contribution in [0.1, 0.15) is 92.4 Å². The molecule has 4 fully saturated rings. The minimum absolute atomic E-state index is 0.0171. The van der Waals surface area contributed by atoms with Gasteiger partial charge in [-0.05, 0) is 92.3 Å². The number of nitrogens with one attached hydrogen (secondary N) is 1. The standard InChI is InChI=1S/C29H47NO6S2/c1-6-19-23-15-18(31)9-11-28(23,4)22-10-12-27(3)20(7-8-21(27)24(22)25(19)32)17(2)16-29(5,37)26(33)30-13-14-38(34,35)36/h17,19-24,37H,6-16H2,1-5H3,(H,30,33)(H,34,35,36). The first-order valence-corrected chi connectivity index (χ1v) is 16.6. The highest BCUT2D eigenvalue weighted by Crippen LogP contribution is 2.68. The van der Waals surface area contributed by atoms with Gasteiger partial charge in [0, 0.05) is 31.2 Å². The average Bonchev–Trinajstić information content (AvgIpc) is 3.16. The normalized spacial score (nSPS) is 41.4. The molecular weight excluding hydrogens is 522 g/mol. The molecule has 0 aromatic carbocycles. The van der Waals surface area contributed by atoms with E-state index in [4.69, 9.17) is 4.55 Å². The van der Waals surface area contributed by atoms with Crippen molar-refractivity contribution >= 4 is 40.2 Å². The molecular formula is C29H47NO6S2. The molecule has 4 rings (SSSR count). The van der Waals surface area contributed by atoms with Gasteiger partial charge in [0.2, 0.25) is 5.91 Å². The number of hydrogen-bond acceptors (Lipinski definition) is 6. The fourth-order valence-corrected chi connectivity index (χ4v) is 10.5. The maximum Gasteiger partial charge on any atom is 0.266 e. The Morgan fingerprint density at radius 1 is 1.13 bits per heavy atom. The lowest BCUT2D eigenvalue weighted by atomic mass is 9.42. The van der Waals surface area contributed by atoms with Crippen LogP contribution in [0.15, 0.2) is 0 Å². The van der Waals surface area contributed by atoms with Crippen molar-refractivity contribution in [3.63, 3.8) is 0 Å². The zero-order valence-corrected chi connectivity index (χ0v) is 25.4. The van der Waals surface area contributed by atoms with Crippen molar-refractivity contribution < 1.29 is 27.4 Å². The molecule has 0 radical (unpaired) electrons. The summed E-state index contributed by atoms with van der Waals surface area (Å²) in [5.74, 6) is 1.38. The van der Waals surface area contributed by atoms with Crippen LogP contribution in [0.4, 0.5) is 0 Å². The van der Waals surface area contributed by atoms with Gasteiger partial charge in [0.1, 0.15) is 11.6 Å². The van der Waals surface area contributed by atoms with E-state index in [0.717, 1.165) is 38.5 Å². The zero-order chi connectivity index (χ0) is 28.3. The quantitative estimate of drug-likeness (QED) is 0.287. The lowest BCUT2D eigenvalue weighted by Gasteiger charge is -2.61. The molecule has 4 aliphatic rings. The van der Waals surface area contributed by atoms with Crippen molar-refractivity contribution in [3.05, 3.63) is 0 Å². The summed E-state index contributed by atoms with van der Waals surface area (Å²) >= 11 is 4.68. The third-order valence-electron chi connectivity index (χ3n) is 11.6. The molecule has 4 aliphatic carbocycles. The number of carbonyl (C=O) groups is 3. The molecule has 0 aromatic rings. The highest BCUT2D eigenvalue weighted by atomic mass is 32.2. The molecule has 0 saturated heterocycles. The summed E-state index contributed by atoms with van der Waals surface area (Å²) in [6.45, 7) is 10.7. The Hall–Kier alpha value is -0.930. The number of thiol groups is 1. The fourth-order valence-electron chi connectivity index (χ4n) is 9.77. The number of carbonyl (C=O) groups excluding carboxylic acids is 3. The third kappa shape index (κ3) is 5.25. The molecule has 4 saturated carbocycles. The van der Waals surface area contributed by atoms with Crippen molar-refractivity contribution in [3.8, 4) is 0 Å². The van der Waals surface area contributed by atoms with E-state index < -0.39 is 20.6 Å². The van der Waals surface area contributed by atoms with Crippen LogP contribution in [0, 0.1) is 52.3 Å². The van der Waals surface area contributed by atoms with E-state index in [1.807, 2.05) is 0 Å². The molecule has 216 valence electrons. The Bertz CT molecular complexity index is 1070. The molecule has 38 heavy (non-hydrogen) atoms. The van der Waals surface area contributed by atoms with Crippen LogP contribution in [0.2, 0.25) is 0 Å².